The van der Waals surface area contributed by atoms with Gasteiger partial charge in [-0.25, -0.2) is 4.79 Å². The van der Waals surface area contributed by atoms with Gasteiger partial charge < -0.3 is 14.2 Å². The van der Waals surface area contributed by atoms with Crippen LogP contribution in [-0.2, 0) is 9.47 Å². The molecular weight excluding hydrogens is 318 g/mol. The van der Waals surface area contributed by atoms with Crippen LogP contribution in [0.5, 0.6) is 5.75 Å². The first-order valence-electron chi connectivity index (χ1n) is 7.57. The summed E-state index contributed by atoms with van der Waals surface area (Å²) in [6, 6.07) is 5.28. The minimum absolute atomic E-state index is 0.402. The van der Waals surface area contributed by atoms with Gasteiger partial charge in [0.25, 0.3) is 0 Å². The Hall–Kier alpha value is -1.88. The number of hydrogen-bond acceptors (Lipinski definition) is 4. The zero-order valence-corrected chi connectivity index (χ0v) is 14.6. The summed E-state index contributed by atoms with van der Waals surface area (Å²) >= 11 is 6.11. The summed E-state index contributed by atoms with van der Waals surface area (Å²) in [5.41, 5.74) is 0.707. The highest BCUT2D eigenvalue weighted by Crippen LogP contribution is 2.33. The van der Waals surface area contributed by atoms with Crippen LogP contribution in [-0.4, -0.2) is 36.4 Å². The maximum Gasteiger partial charge on any atom is 0.415 e. The number of nitrogens with zero attached hydrogens (tertiary/aromatic N) is 1. The molecule has 0 fully saturated rings. The molecule has 0 radical (unpaired) electrons. The molecule has 23 heavy (non-hydrogen) atoms. The third-order valence-electron chi connectivity index (χ3n) is 3.05. The van der Waals surface area contributed by atoms with E-state index in [1.807, 2.05) is 27.7 Å². The monoisotopic (exact) mass is 339 g/mol. The second kappa shape index (κ2) is 7.13. The molecule has 1 aromatic carbocycles. The summed E-state index contributed by atoms with van der Waals surface area (Å²) in [6.07, 6.45) is 1.12. The molecule has 1 heterocycles. The summed E-state index contributed by atoms with van der Waals surface area (Å²) < 4.78 is 16.5. The van der Waals surface area contributed by atoms with E-state index in [2.05, 4.69) is 0 Å². The number of hydrogen-bond donors (Lipinski definition) is 0. The average molecular weight is 340 g/mol. The van der Waals surface area contributed by atoms with Crippen LogP contribution in [0.15, 0.2) is 24.5 Å². The van der Waals surface area contributed by atoms with E-state index >= 15 is 0 Å². The fourth-order valence-corrected chi connectivity index (χ4v) is 2.34. The van der Waals surface area contributed by atoms with Gasteiger partial charge in [-0.1, -0.05) is 11.6 Å². The zero-order chi connectivity index (χ0) is 17.0. The Morgan fingerprint density at radius 2 is 2.13 bits per heavy atom. The maximum atomic E-state index is 12.5. The van der Waals surface area contributed by atoms with Crippen LogP contribution in [0.1, 0.15) is 33.3 Å². The van der Waals surface area contributed by atoms with E-state index in [1.165, 1.54) is 0 Å². The van der Waals surface area contributed by atoms with Crippen molar-refractivity contribution in [2.45, 2.75) is 33.3 Å². The first-order chi connectivity index (χ1) is 10.8. The highest BCUT2D eigenvalue weighted by atomic mass is 35.5. The SMILES string of the molecule is CCOc1ccc(Cl)cc1C1=COCCN1C(=O)OC(C)(C)C. The molecule has 126 valence electrons. The molecule has 0 aromatic heterocycles. The van der Waals surface area contributed by atoms with Gasteiger partial charge in [0, 0.05) is 10.6 Å². The first kappa shape index (κ1) is 17.5. The minimum Gasteiger partial charge on any atom is -0.497 e. The number of carbonyl (C=O) groups is 1. The molecule has 1 aliphatic rings. The van der Waals surface area contributed by atoms with E-state index in [-0.39, 0.29) is 0 Å². The molecule has 1 aromatic rings. The van der Waals surface area contributed by atoms with Crippen molar-refractivity contribution >= 4 is 23.4 Å². The Balaban J connectivity index is 2.37. The quantitative estimate of drug-likeness (QED) is 0.823. The molecule has 0 saturated carbocycles. The van der Waals surface area contributed by atoms with Crippen LogP contribution in [0, 0.1) is 0 Å². The largest absolute Gasteiger partial charge is 0.497 e. The van der Waals surface area contributed by atoms with Crippen molar-refractivity contribution in [3.05, 3.63) is 35.0 Å². The van der Waals surface area contributed by atoms with Crippen molar-refractivity contribution in [3.63, 3.8) is 0 Å². The van der Waals surface area contributed by atoms with Crippen LogP contribution < -0.4 is 4.74 Å². The van der Waals surface area contributed by atoms with Gasteiger partial charge in [-0.15, -0.1) is 0 Å². The van der Waals surface area contributed by atoms with Crippen molar-refractivity contribution in [1.82, 2.24) is 4.90 Å². The van der Waals surface area contributed by atoms with E-state index < -0.39 is 11.7 Å². The lowest BCUT2D eigenvalue weighted by molar-refractivity contribution is 0.0296. The lowest BCUT2D eigenvalue weighted by atomic mass is 10.1. The van der Waals surface area contributed by atoms with Crippen LogP contribution >= 0.6 is 11.6 Å². The fourth-order valence-electron chi connectivity index (χ4n) is 2.17. The molecular formula is C17H22ClNO4. The maximum absolute atomic E-state index is 12.5. The summed E-state index contributed by atoms with van der Waals surface area (Å²) in [6.45, 7) is 8.72. The van der Waals surface area contributed by atoms with Gasteiger partial charge in [0.05, 0.1) is 18.8 Å². The predicted molar refractivity (Wildman–Crippen MR) is 89.5 cm³/mol. The molecule has 5 nitrogen and oxygen atoms in total. The number of amides is 1. The van der Waals surface area contributed by atoms with Gasteiger partial charge in [0.1, 0.15) is 24.2 Å². The van der Waals surface area contributed by atoms with Gasteiger partial charge in [0.2, 0.25) is 0 Å². The minimum atomic E-state index is -0.572. The number of rotatable bonds is 3. The number of carbonyl (C=O) groups excluding carboxylic acids is 1. The van der Waals surface area contributed by atoms with Gasteiger partial charge in [-0.2, -0.15) is 0 Å². The molecule has 0 saturated heterocycles. The summed E-state index contributed by atoms with van der Waals surface area (Å²) in [5.74, 6) is 0.641. The Morgan fingerprint density at radius 3 is 2.78 bits per heavy atom. The van der Waals surface area contributed by atoms with Crippen molar-refractivity contribution in [2.24, 2.45) is 0 Å². The standard InChI is InChI=1S/C17H22ClNO4/c1-5-22-15-7-6-12(18)10-13(15)14-11-21-9-8-19(14)16(20)23-17(2,3)4/h6-7,10-11H,5,8-9H2,1-4H3. The third kappa shape index (κ3) is 4.55. The Bertz CT molecular complexity index is 607. The molecule has 6 heteroatoms. The molecule has 0 atom stereocenters. The Morgan fingerprint density at radius 1 is 1.39 bits per heavy atom. The molecule has 1 aliphatic heterocycles. The Kier molecular flexibility index (Phi) is 5.42. The lowest BCUT2D eigenvalue weighted by Gasteiger charge is -2.31. The van der Waals surface area contributed by atoms with E-state index in [0.29, 0.717) is 41.8 Å². The molecule has 0 N–H and O–H groups in total. The van der Waals surface area contributed by atoms with Gasteiger partial charge >= 0.3 is 6.09 Å². The lowest BCUT2D eigenvalue weighted by Crippen LogP contribution is -2.39. The average Bonchev–Trinajstić information content (AvgIpc) is 2.47. The van der Waals surface area contributed by atoms with Gasteiger partial charge in [-0.3, -0.25) is 4.90 Å². The molecule has 0 aliphatic carbocycles. The van der Waals surface area contributed by atoms with E-state index in [0.717, 1.165) is 0 Å². The van der Waals surface area contributed by atoms with Crippen molar-refractivity contribution in [2.75, 3.05) is 19.8 Å². The second-order valence-electron chi connectivity index (χ2n) is 6.08. The van der Waals surface area contributed by atoms with E-state index in [4.69, 9.17) is 25.8 Å². The number of benzene rings is 1. The normalized spacial score (nSPS) is 14.8. The van der Waals surface area contributed by atoms with Gasteiger partial charge in [-0.05, 0) is 45.9 Å². The van der Waals surface area contributed by atoms with Crippen molar-refractivity contribution in [3.8, 4) is 5.75 Å². The van der Waals surface area contributed by atoms with E-state index in [1.54, 1.807) is 29.4 Å². The zero-order valence-electron chi connectivity index (χ0n) is 13.9. The van der Waals surface area contributed by atoms with Crippen LogP contribution in [0.4, 0.5) is 4.79 Å². The van der Waals surface area contributed by atoms with Gasteiger partial charge in [0.15, 0.2) is 0 Å². The highest BCUT2D eigenvalue weighted by Gasteiger charge is 2.29. The van der Waals surface area contributed by atoms with Crippen LogP contribution in [0.3, 0.4) is 0 Å². The van der Waals surface area contributed by atoms with Crippen molar-refractivity contribution in [1.29, 1.82) is 0 Å². The summed E-state index contributed by atoms with van der Waals surface area (Å²) in [7, 11) is 0. The molecule has 2 rings (SSSR count). The number of halogens is 1. The van der Waals surface area contributed by atoms with Crippen LogP contribution in [0.2, 0.25) is 5.02 Å². The predicted octanol–water partition coefficient (Wildman–Crippen LogP) is 4.30. The Labute approximate surface area is 141 Å². The molecule has 0 unspecified atom stereocenters. The first-order valence-corrected chi connectivity index (χ1v) is 7.94. The molecule has 1 amide bonds. The number of ether oxygens (including phenoxy) is 3. The fraction of sp³-hybridized carbons (Fsp3) is 0.471. The van der Waals surface area contributed by atoms with E-state index in [9.17, 15) is 4.79 Å². The third-order valence-corrected chi connectivity index (χ3v) is 3.28. The highest BCUT2D eigenvalue weighted by molar-refractivity contribution is 6.30. The van der Waals surface area contributed by atoms with Crippen molar-refractivity contribution < 1.29 is 19.0 Å². The molecule has 0 spiro atoms. The smallest absolute Gasteiger partial charge is 0.415 e. The molecule has 0 bridgehead atoms. The topological polar surface area (TPSA) is 48.0 Å². The second-order valence-corrected chi connectivity index (χ2v) is 6.52. The summed E-state index contributed by atoms with van der Waals surface area (Å²) in [5, 5.41) is 0.555. The van der Waals surface area contributed by atoms with Crippen LogP contribution in [0.25, 0.3) is 5.70 Å². The summed E-state index contributed by atoms with van der Waals surface area (Å²) in [4.78, 5) is 14.0.